The normalized spacial score (nSPS) is 11.7. The first-order valence-electron chi connectivity index (χ1n) is 17.9. The summed E-state index contributed by atoms with van der Waals surface area (Å²) >= 11 is 0. The van der Waals surface area contributed by atoms with Gasteiger partial charge in [0.25, 0.3) is 0 Å². The van der Waals surface area contributed by atoms with Crippen LogP contribution in [0.1, 0.15) is 36.1 Å². The van der Waals surface area contributed by atoms with Gasteiger partial charge in [-0.25, -0.2) is 0 Å². The lowest BCUT2D eigenvalue weighted by Crippen LogP contribution is -2.09. The van der Waals surface area contributed by atoms with Gasteiger partial charge >= 0.3 is 0 Å². The van der Waals surface area contributed by atoms with Crippen molar-refractivity contribution in [1.82, 2.24) is 0 Å². The summed E-state index contributed by atoms with van der Waals surface area (Å²) in [6, 6.07) is 65.1. The van der Waals surface area contributed by atoms with E-state index in [0.29, 0.717) is 0 Å². The highest BCUT2D eigenvalue weighted by Gasteiger charge is 2.12. The first-order valence-corrected chi connectivity index (χ1v) is 17.9. The SMILES string of the molecule is C/C(=C\N(c1ccc(C)cc1)c1ccc(-c2ccc(-c3ccc(N(/C=C(\C)c4ccccc4)c4ccc(C)cc4)cc3)cc2)cc1)c1ccccc1. The molecule has 0 radical (unpaired) electrons. The summed E-state index contributed by atoms with van der Waals surface area (Å²) in [5.41, 5.74) is 16.6. The van der Waals surface area contributed by atoms with E-state index in [2.05, 4.69) is 232 Å². The minimum atomic E-state index is 1.12. The van der Waals surface area contributed by atoms with E-state index in [1.54, 1.807) is 0 Å². The van der Waals surface area contributed by atoms with Crippen LogP contribution in [0, 0.1) is 13.8 Å². The number of anilines is 4. The predicted molar refractivity (Wildman–Crippen MR) is 224 cm³/mol. The van der Waals surface area contributed by atoms with Crippen molar-refractivity contribution < 1.29 is 0 Å². The molecular formula is C50H44N2. The van der Waals surface area contributed by atoms with Gasteiger partial charge in [-0.2, -0.15) is 0 Å². The van der Waals surface area contributed by atoms with Crippen LogP contribution in [0.2, 0.25) is 0 Å². The van der Waals surface area contributed by atoms with E-state index >= 15 is 0 Å². The van der Waals surface area contributed by atoms with Gasteiger partial charge in [0.05, 0.1) is 0 Å². The highest BCUT2D eigenvalue weighted by atomic mass is 15.1. The Labute approximate surface area is 309 Å². The lowest BCUT2D eigenvalue weighted by Gasteiger charge is -2.23. The maximum absolute atomic E-state index is 2.27. The quantitative estimate of drug-likeness (QED) is 0.143. The second-order valence-electron chi connectivity index (χ2n) is 13.4. The summed E-state index contributed by atoms with van der Waals surface area (Å²) in [6.45, 7) is 8.59. The van der Waals surface area contributed by atoms with Gasteiger partial charge in [0, 0.05) is 35.1 Å². The Bertz CT molecular complexity index is 2100. The molecule has 0 spiro atoms. The van der Waals surface area contributed by atoms with E-state index in [-0.39, 0.29) is 0 Å². The fraction of sp³-hybridized carbons (Fsp3) is 0.0800. The number of nitrogens with zero attached hydrogens (tertiary/aromatic N) is 2. The zero-order valence-electron chi connectivity index (χ0n) is 30.4. The van der Waals surface area contributed by atoms with Gasteiger partial charge in [-0.15, -0.1) is 0 Å². The van der Waals surface area contributed by atoms with Gasteiger partial charge in [0.15, 0.2) is 0 Å². The number of allylic oxidation sites excluding steroid dienone is 2. The van der Waals surface area contributed by atoms with E-state index in [1.165, 1.54) is 55.7 Å². The van der Waals surface area contributed by atoms with Gasteiger partial charge in [-0.1, -0.05) is 145 Å². The zero-order valence-corrected chi connectivity index (χ0v) is 30.4. The van der Waals surface area contributed by atoms with Gasteiger partial charge < -0.3 is 9.80 Å². The predicted octanol–water partition coefficient (Wildman–Crippen LogP) is 14.0. The molecule has 0 aliphatic heterocycles. The van der Waals surface area contributed by atoms with Gasteiger partial charge in [0.2, 0.25) is 0 Å². The van der Waals surface area contributed by atoms with E-state index in [1.807, 2.05) is 0 Å². The first-order chi connectivity index (χ1) is 25.4. The molecule has 254 valence electrons. The molecule has 0 saturated carbocycles. The van der Waals surface area contributed by atoms with Crippen molar-refractivity contribution in [3.8, 4) is 22.3 Å². The molecule has 0 fully saturated rings. The zero-order chi connectivity index (χ0) is 35.9. The number of rotatable bonds is 10. The molecule has 0 aromatic heterocycles. The lowest BCUT2D eigenvalue weighted by molar-refractivity contribution is 1.27. The second-order valence-corrected chi connectivity index (χ2v) is 13.4. The maximum Gasteiger partial charge on any atom is 0.0456 e. The fourth-order valence-electron chi connectivity index (χ4n) is 6.43. The minimum absolute atomic E-state index is 1.12. The summed E-state index contributed by atoms with van der Waals surface area (Å²) in [6.07, 6.45) is 4.46. The molecule has 0 bridgehead atoms. The Morgan fingerprint density at radius 1 is 0.327 bits per heavy atom. The monoisotopic (exact) mass is 672 g/mol. The highest BCUT2D eigenvalue weighted by molar-refractivity contribution is 5.79. The Morgan fingerprint density at radius 3 is 0.865 bits per heavy atom. The third-order valence-corrected chi connectivity index (χ3v) is 9.57. The molecule has 7 aromatic carbocycles. The molecule has 0 aliphatic carbocycles. The molecule has 0 amide bonds. The molecule has 0 saturated heterocycles. The molecule has 7 rings (SSSR count). The summed E-state index contributed by atoms with van der Waals surface area (Å²) in [5.74, 6) is 0. The van der Waals surface area contributed by atoms with Crippen LogP contribution in [0.3, 0.4) is 0 Å². The molecule has 0 heterocycles. The van der Waals surface area contributed by atoms with Crippen LogP contribution in [-0.4, -0.2) is 0 Å². The molecule has 0 unspecified atom stereocenters. The first kappa shape index (κ1) is 34.1. The van der Waals surface area contributed by atoms with E-state index in [0.717, 1.165) is 22.7 Å². The Hall–Kier alpha value is -6.38. The summed E-state index contributed by atoms with van der Waals surface area (Å²) in [7, 11) is 0. The molecule has 7 aromatic rings. The van der Waals surface area contributed by atoms with Crippen LogP contribution in [0.25, 0.3) is 33.4 Å². The number of aryl methyl sites for hydroxylation is 2. The van der Waals surface area contributed by atoms with Crippen LogP contribution in [0.15, 0.2) is 194 Å². The molecule has 2 nitrogen and oxygen atoms in total. The smallest absolute Gasteiger partial charge is 0.0456 e. The van der Waals surface area contributed by atoms with E-state index < -0.39 is 0 Å². The Balaban J connectivity index is 1.12. The average Bonchev–Trinajstić information content (AvgIpc) is 3.20. The maximum atomic E-state index is 2.27. The number of hydrogen-bond donors (Lipinski definition) is 0. The second kappa shape index (κ2) is 15.7. The van der Waals surface area contributed by atoms with Crippen molar-refractivity contribution in [2.45, 2.75) is 27.7 Å². The molecule has 0 atom stereocenters. The topological polar surface area (TPSA) is 6.48 Å². The third-order valence-electron chi connectivity index (χ3n) is 9.57. The highest BCUT2D eigenvalue weighted by Crippen LogP contribution is 2.34. The third kappa shape index (κ3) is 7.98. The van der Waals surface area contributed by atoms with Crippen LogP contribution in [0.4, 0.5) is 22.7 Å². The fourth-order valence-corrected chi connectivity index (χ4v) is 6.43. The molecule has 2 heteroatoms. The van der Waals surface area contributed by atoms with Crippen molar-refractivity contribution >= 4 is 33.9 Å². The average molecular weight is 673 g/mol. The van der Waals surface area contributed by atoms with Gasteiger partial charge in [-0.05, 0) is 121 Å². The van der Waals surface area contributed by atoms with Crippen LogP contribution in [0.5, 0.6) is 0 Å². The lowest BCUT2D eigenvalue weighted by atomic mass is 9.99. The summed E-state index contributed by atoms with van der Waals surface area (Å²) in [5, 5.41) is 0. The molecule has 52 heavy (non-hydrogen) atoms. The Kier molecular flexibility index (Phi) is 10.3. The van der Waals surface area contributed by atoms with Crippen molar-refractivity contribution in [1.29, 1.82) is 0 Å². The minimum Gasteiger partial charge on any atom is -0.317 e. The van der Waals surface area contributed by atoms with Crippen molar-refractivity contribution in [2.24, 2.45) is 0 Å². The van der Waals surface area contributed by atoms with Crippen LogP contribution >= 0.6 is 0 Å². The standard InChI is InChI=1S/C50H44N2/c1-37-15-27-47(28-16-37)51(35-39(3)41-11-7-5-8-12-41)49-31-23-45(24-32-49)43-19-21-44(22-20-43)46-25-33-50(34-26-46)52(48-29-17-38(2)18-30-48)36-40(4)42-13-9-6-10-14-42/h5-36H,1-4H3/b39-35+,40-36+. The van der Waals surface area contributed by atoms with Crippen LogP contribution in [-0.2, 0) is 0 Å². The van der Waals surface area contributed by atoms with E-state index in [4.69, 9.17) is 0 Å². The van der Waals surface area contributed by atoms with Crippen molar-refractivity contribution in [2.75, 3.05) is 9.80 Å². The van der Waals surface area contributed by atoms with Crippen molar-refractivity contribution in [3.63, 3.8) is 0 Å². The molecule has 0 aliphatic rings. The van der Waals surface area contributed by atoms with Crippen LogP contribution < -0.4 is 9.80 Å². The summed E-state index contributed by atoms with van der Waals surface area (Å²) < 4.78 is 0. The van der Waals surface area contributed by atoms with Gasteiger partial charge in [-0.3, -0.25) is 0 Å². The van der Waals surface area contributed by atoms with E-state index in [9.17, 15) is 0 Å². The summed E-state index contributed by atoms with van der Waals surface area (Å²) in [4.78, 5) is 4.55. The number of hydrogen-bond acceptors (Lipinski definition) is 2. The largest absolute Gasteiger partial charge is 0.317 e. The Morgan fingerprint density at radius 2 is 0.577 bits per heavy atom. The van der Waals surface area contributed by atoms with Gasteiger partial charge in [0.1, 0.15) is 0 Å². The molecule has 0 N–H and O–H groups in total. The molecular weight excluding hydrogens is 629 g/mol. The number of benzene rings is 7. The van der Waals surface area contributed by atoms with Crippen molar-refractivity contribution in [3.05, 3.63) is 217 Å².